The summed E-state index contributed by atoms with van der Waals surface area (Å²) >= 11 is 0. The molecule has 3 aromatic rings. The molecule has 1 atom stereocenters. The number of rotatable bonds is 6. The fourth-order valence-corrected chi connectivity index (χ4v) is 4.99. The molecule has 36 heavy (non-hydrogen) atoms. The fourth-order valence-electron chi connectivity index (χ4n) is 4.99. The highest BCUT2D eigenvalue weighted by atomic mass is 19.4. The van der Waals surface area contributed by atoms with Crippen LogP contribution in [0.15, 0.2) is 36.5 Å². The first-order chi connectivity index (χ1) is 17.1. The van der Waals surface area contributed by atoms with Crippen molar-refractivity contribution in [1.82, 2.24) is 14.9 Å². The third kappa shape index (κ3) is 4.75. The van der Waals surface area contributed by atoms with Gasteiger partial charge in [0, 0.05) is 29.3 Å². The molecule has 1 amide bonds. The van der Waals surface area contributed by atoms with Gasteiger partial charge in [-0.25, -0.2) is 4.98 Å². The Balaban J connectivity index is 1.43. The molecule has 190 valence electrons. The van der Waals surface area contributed by atoms with Crippen LogP contribution in [0.3, 0.4) is 0 Å². The van der Waals surface area contributed by atoms with E-state index < -0.39 is 11.7 Å². The maximum atomic E-state index is 13.6. The Morgan fingerprint density at radius 2 is 2.03 bits per heavy atom. The largest absolute Gasteiger partial charge is 0.417 e. The Kier molecular flexibility index (Phi) is 6.34. The molecule has 3 N–H and O–H groups in total. The number of carbonyl (C=O) groups is 1. The van der Waals surface area contributed by atoms with Crippen molar-refractivity contribution in [3.8, 4) is 0 Å². The smallest absolute Gasteiger partial charge is 0.393 e. The van der Waals surface area contributed by atoms with Crippen LogP contribution in [0.5, 0.6) is 0 Å². The van der Waals surface area contributed by atoms with Gasteiger partial charge in [-0.15, -0.1) is 0 Å². The Morgan fingerprint density at radius 3 is 2.69 bits per heavy atom. The van der Waals surface area contributed by atoms with Crippen LogP contribution in [0.4, 0.5) is 19.0 Å². The first-order valence-electron chi connectivity index (χ1n) is 11.9. The number of aliphatic hydroxyl groups is 1. The number of carbonyl (C=O) groups excluding carboxylic acids is 1. The lowest BCUT2D eigenvalue weighted by Crippen LogP contribution is -2.36. The summed E-state index contributed by atoms with van der Waals surface area (Å²) in [5.41, 5.74) is 8.52. The number of hydrogen-bond donors (Lipinski definition) is 2. The van der Waals surface area contributed by atoms with Gasteiger partial charge in [-0.2, -0.15) is 13.2 Å². The molecule has 3 heterocycles. The van der Waals surface area contributed by atoms with Gasteiger partial charge in [-0.3, -0.25) is 9.78 Å². The van der Waals surface area contributed by atoms with E-state index in [1.165, 1.54) is 6.07 Å². The Hall–Kier alpha value is -3.24. The molecule has 10 heteroatoms. The van der Waals surface area contributed by atoms with Crippen LogP contribution in [0, 0.1) is 5.92 Å². The average molecular weight is 501 g/mol. The second kappa shape index (κ2) is 9.33. The van der Waals surface area contributed by atoms with Gasteiger partial charge >= 0.3 is 6.18 Å². The lowest BCUT2D eigenvalue weighted by molar-refractivity contribution is -0.137. The highest BCUT2D eigenvalue weighted by Crippen LogP contribution is 2.38. The Bertz CT molecular complexity index is 1290. The first-order valence-corrected chi connectivity index (χ1v) is 11.9. The second-order valence-corrected chi connectivity index (χ2v) is 9.62. The summed E-state index contributed by atoms with van der Waals surface area (Å²) in [5.74, 6) is 0.469. The number of benzene rings is 1. The number of hydrogen-bond acceptors (Lipinski definition) is 6. The Morgan fingerprint density at radius 1 is 1.25 bits per heavy atom. The number of pyridine rings is 2. The predicted molar refractivity (Wildman–Crippen MR) is 127 cm³/mol. The van der Waals surface area contributed by atoms with Crippen LogP contribution in [-0.2, 0) is 24.1 Å². The van der Waals surface area contributed by atoms with Gasteiger partial charge in [0.05, 0.1) is 42.1 Å². The van der Waals surface area contributed by atoms with Crippen molar-refractivity contribution in [3.05, 3.63) is 64.5 Å². The molecule has 2 aromatic heterocycles. The van der Waals surface area contributed by atoms with Crippen molar-refractivity contribution < 1.29 is 27.8 Å². The van der Waals surface area contributed by atoms with E-state index in [0.717, 1.165) is 28.8 Å². The molecule has 1 aliphatic carbocycles. The maximum absolute atomic E-state index is 13.6. The number of anilines is 1. The third-order valence-electron chi connectivity index (χ3n) is 7.11. The number of alkyl halides is 3. The second-order valence-electron chi connectivity index (χ2n) is 9.62. The summed E-state index contributed by atoms with van der Waals surface area (Å²) in [6.07, 6.45) is -2.11. The van der Waals surface area contributed by atoms with Crippen molar-refractivity contribution in [2.75, 3.05) is 12.3 Å². The monoisotopic (exact) mass is 500 g/mol. The lowest BCUT2D eigenvalue weighted by Gasteiger charge is -2.33. The molecule has 2 aliphatic rings. The van der Waals surface area contributed by atoms with Gasteiger partial charge in [0.25, 0.3) is 5.91 Å². The summed E-state index contributed by atoms with van der Waals surface area (Å²) in [5, 5.41) is 10.4. The minimum absolute atomic E-state index is 0.0719. The molecule has 1 saturated carbocycles. The number of aromatic nitrogens is 2. The molecule has 5 rings (SSSR count). The molecular formula is C26H27F3N4O3. The molecule has 0 bridgehead atoms. The van der Waals surface area contributed by atoms with Crippen molar-refractivity contribution >= 4 is 22.6 Å². The van der Waals surface area contributed by atoms with E-state index in [2.05, 4.69) is 9.97 Å². The van der Waals surface area contributed by atoms with E-state index >= 15 is 0 Å². The van der Waals surface area contributed by atoms with Gasteiger partial charge in [-0.05, 0) is 68.0 Å². The van der Waals surface area contributed by atoms with Crippen LogP contribution < -0.4 is 5.73 Å². The average Bonchev–Trinajstić information content (AvgIpc) is 3.22. The van der Waals surface area contributed by atoms with Crippen LogP contribution in [0.1, 0.15) is 65.0 Å². The van der Waals surface area contributed by atoms with E-state index in [1.807, 2.05) is 6.92 Å². The normalized spacial score (nSPS) is 21.3. The van der Waals surface area contributed by atoms with Gasteiger partial charge in [0.1, 0.15) is 5.82 Å². The minimum atomic E-state index is -4.48. The Labute approximate surface area is 206 Å². The van der Waals surface area contributed by atoms with Crippen molar-refractivity contribution in [2.24, 2.45) is 5.92 Å². The molecule has 0 spiro atoms. The van der Waals surface area contributed by atoms with Crippen LogP contribution >= 0.6 is 0 Å². The summed E-state index contributed by atoms with van der Waals surface area (Å²) in [4.78, 5) is 23.7. The molecule has 0 radical (unpaired) electrons. The van der Waals surface area contributed by atoms with Crippen molar-refractivity contribution in [3.63, 3.8) is 0 Å². The van der Waals surface area contributed by atoms with Gasteiger partial charge in [-0.1, -0.05) is 0 Å². The highest BCUT2D eigenvalue weighted by Gasteiger charge is 2.32. The zero-order valence-electron chi connectivity index (χ0n) is 19.8. The number of nitrogens with zero attached hydrogens (tertiary/aromatic N) is 3. The van der Waals surface area contributed by atoms with Gasteiger partial charge in [0.2, 0.25) is 0 Å². The van der Waals surface area contributed by atoms with E-state index in [-0.39, 0.29) is 24.7 Å². The maximum Gasteiger partial charge on any atom is 0.417 e. The number of fused-ring (bicyclic) bond motifs is 3. The first kappa shape index (κ1) is 24.5. The molecule has 0 saturated heterocycles. The minimum Gasteiger partial charge on any atom is -0.393 e. The molecule has 1 fully saturated rings. The van der Waals surface area contributed by atoms with E-state index in [0.29, 0.717) is 60.9 Å². The van der Waals surface area contributed by atoms with Crippen LogP contribution in [0.25, 0.3) is 10.9 Å². The molecule has 0 unspecified atom stereocenters. The SMILES string of the molecule is C[C@@H]1OCc2c1c(N)nc1ccc(C(=O)N(CCC3CC(O)C3)Cc3ccc(C(F)(F)F)cn3)cc21. The standard InChI is InChI=1S/C26H27F3N4O3/c1-14-23-21(13-36-14)20-10-16(2-5-22(20)32-24(23)30)25(35)33(7-6-15-8-19(34)9-15)12-18-4-3-17(11-31-18)26(27,28)29/h2-5,10-11,14-15,19,34H,6-9,12-13H2,1H3,(H2,30,32)/t14-,15?,19?/m0/s1. The van der Waals surface area contributed by atoms with E-state index in [4.69, 9.17) is 10.5 Å². The van der Waals surface area contributed by atoms with Gasteiger partial charge < -0.3 is 20.5 Å². The number of amides is 1. The number of aliphatic hydroxyl groups excluding tert-OH is 1. The summed E-state index contributed by atoms with van der Waals surface area (Å²) in [7, 11) is 0. The van der Waals surface area contributed by atoms with Crippen molar-refractivity contribution in [2.45, 2.75) is 57.7 Å². The molecule has 1 aromatic carbocycles. The predicted octanol–water partition coefficient (Wildman–Crippen LogP) is 4.63. The number of nitrogens with two attached hydrogens (primary N) is 1. The fraction of sp³-hybridized carbons (Fsp3) is 0.423. The zero-order chi connectivity index (χ0) is 25.6. The van der Waals surface area contributed by atoms with E-state index in [9.17, 15) is 23.1 Å². The topological polar surface area (TPSA) is 102 Å². The number of halogens is 3. The third-order valence-corrected chi connectivity index (χ3v) is 7.11. The van der Waals surface area contributed by atoms with Crippen molar-refractivity contribution in [1.29, 1.82) is 0 Å². The van der Waals surface area contributed by atoms with Crippen LogP contribution in [-0.4, -0.2) is 38.5 Å². The summed E-state index contributed by atoms with van der Waals surface area (Å²) < 4.78 is 44.6. The van der Waals surface area contributed by atoms with Crippen LogP contribution in [0.2, 0.25) is 0 Å². The van der Waals surface area contributed by atoms with E-state index in [1.54, 1.807) is 23.1 Å². The lowest BCUT2D eigenvalue weighted by atomic mass is 9.80. The summed E-state index contributed by atoms with van der Waals surface area (Å²) in [6, 6.07) is 7.49. The molecule has 1 aliphatic heterocycles. The highest BCUT2D eigenvalue weighted by molar-refractivity contribution is 5.99. The number of ether oxygens (including phenoxy) is 1. The molecular weight excluding hydrogens is 473 g/mol. The number of nitrogen functional groups attached to an aromatic ring is 1. The molecule has 7 nitrogen and oxygen atoms in total. The quantitative estimate of drug-likeness (QED) is 0.512. The zero-order valence-corrected chi connectivity index (χ0v) is 19.8. The summed E-state index contributed by atoms with van der Waals surface area (Å²) in [6.45, 7) is 2.75. The van der Waals surface area contributed by atoms with Gasteiger partial charge in [0.15, 0.2) is 0 Å².